The van der Waals surface area contributed by atoms with Gasteiger partial charge in [0.25, 0.3) is 0 Å². The second-order valence-electron chi connectivity index (χ2n) is 5.06. The molecule has 3 nitrogen and oxygen atoms in total. The number of nitrogens with two attached hydrogens (primary N) is 1. The molecular weight excluding hydrogens is 174 g/mol. The van der Waals surface area contributed by atoms with Crippen LogP contribution in [0.2, 0.25) is 0 Å². The molecule has 1 heterocycles. The summed E-state index contributed by atoms with van der Waals surface area (Å²) in [6, 6.07) is 2.65. The van der Waals surface area contributed by atoms with E-state index < -0.39 is 0 Å². The molecule has 1 aromatic heterocycles. The van der Waals surface area contributed by atoms with Crippen molar-refractivity contribution in [1.82, 2.24) is 9.78 Å². The third kappa shape index (κ3) is 1.46. The predicted molar refractivity (Wildman–Crippen MR) is 57.0 cm³/mol. The van der Waals surface area contributed by atoms with Gasteiger partial charge in [-0.15, -0.1) is 0 Å². The van der Waals surface area contributed by atoms with Crippen LogP contribution in [0.25, 0.3) is 0 Å². The molecule has 0 spiro atoms. The maximum atomic E-state index is 6.24. The molecule has 14 heavy (non-hydrogen) atoms. The minimum absolute atomic E-state index is 0.224. The summed E-state index contributed by atoms with van der Waals surface area (Å²) in [7, 11) is 0. The highest BCUT2D eigenvalue weighted by Gasteiger charge is 2.40. The Kier molecular flexibility index (Phi) is 2.14. The minimum atomic E-state index is 0.224. The molecule has 0 radical (unpaired) electrons. The molecule has 0 aromatic carbocycles. The molecule has 1 aromatic rings. The first-order valence-electron chi connectivity index (χ1n) is 5.28. The van der Waals surface area contributed by atoms with Crippen LogP contribution in [0.15, 0.2) is 12.3 Å². The van der Waals surface area contributed by atoms with Gasteiger partial charge in [-0.05, 0) is 31.2 Å². The Bertz CT molecular complexity index is 327. The SMILES string of the molecule is Cc1ccn(C2CCC(C)(C)C2N)n1. The first-order valence-corrected chi connectivity index (χ1v) is 5.28. The van der Waals surface area contributed by atoms with Crippen LogP contribution in [0.3, 0.4) is 0 Å². The average molecular weight is 193 g/mol. The molecule has 78 valence electrons. The Morgan fingerprint density at radius 1 is 1.57 bits per heavy atom. The van der Waals surface area contributed by atoms with Gasteiger partial charge in [0.05, 0.1) is 11.7 Å². The van der Waals surface area contributed by atoms with Crippen molar-refractivity contribution in [3.63, 3.8) is 0 Å². The lowest BCUT2D eigenvalue weighted by Gasteiger charge is -2.26. The van der Waals surface area contributed by atoms with Gasteiger partial charge < -0.3 is 5.73 Å². The van der Waals surface area contributed by atoms with E-state index in [4.69, 9.17) is 5.73 Å². The van der Waals surface area contributed by atoms with Crippen LogP contribution in [0, 0.1) is 12.3 Å². The maximum absolute atomic E-state index is 6.24. The van der Waals surface area contributed by atoms with Crippen LogP contribution < -0.4 is 5.73 Å². The molecular formula is C11H19N3. The third-order valence-electron chi connectivity index (χ3n) is 3.48. The first-order chi connectivity index (χ1) is 6.50. The fourth-order valence-electron chi connectivity index (χ4n) is 2.30. The lowest BCUT2D eigenvalue weighted by Crippen LogP contribution is -2.38. The van der Waals surface area contributed by atoms with Crippen LogP contribution in [0.5, 0.6) is 0 Å². The van der Waals surface area contributed by atoms with E-state index in [1.165, 1.54) is 6.42 Å². The van der Waals surface area contributed by atoms with E-state index in [1.54, 1.807) is 0 Å². The van der Waals surface area contributed by atoms with Crippen LogP contribution in [0.4, 0.5) is 0 Å². The van der Waals surface area contributed by atoms with Gasteiger partial charge in [-0.25, -0.2) is 0 Å². The van der Waals surface area contributed by atoms with Crippen molar-refractivity contribution < 1.29 is 0 Å². The van der Waals surface area contributed by atoms with Crippen molar-refractivity contribution >= 4 is 0 Å². The van der Waals surface area contributed by atoms with E-state index in [1.807, 2.05) is 23.9 Å². The van der Waals surface area contributed by atoms with E-state index in [2.05, 4.69) is 18.9 Å². The fourth-order valence-corrected chi connectivity index (χ4v) is 2.30. The number of aryl methyl sites for hydroxylation is 1. The summed E-state index contributed by atoms with van der Waals surface area (Å²) in [4.78, 5) is 0. The highest BCUT2D eigenvalue weighted by molar-refractivity contribution is 5.02. The number of nitrogens with zero attached hydrogens (tertiary/aromatic N) is 2. The van der Waals surface area contributed by atoms with Crippen LogP contribution in [-0.4, -0.2) is 15.8 Å². The molecule has 0 amide bonds. The molecule has 2 N–H and O–H groups in total. The quantitative estimate of drug-likeness (QED) is 0.740. The molecule has 3 heteroatoms. The molecule has 1 aliphatic rings. The zero-order chi connectivity index (χ0) is 10.3. The average Bonchev–Trinajstić information content (AvgIpc) is 2.60. The van der Waals surface area contributed by atoms with Gasteiger partial charge in [0, 0.05) is 12.2 Å². The number of hydrogen-bond donors (Lipinski definition) is 1. The summed E-state index contributed by atoms with van der Waals surface area (Å²) >= 11 is 0. The van der Waals surface area contributed by atoms with E-state index in [0.717, 1.165) is 12.1 Å². The first kappa shape index (κ1) is 9.71. The van der Waals surface area contributed by atoms with Crippen LogP contribution in [0.1, 0.15) is 38.4 Å². The van der Waals surface area contributed by atoms with E-state index >= 15 is 0 Å². The van der Waals surface area contributed by atoms with Gasteiger partial charge in [0.1, 0.15) is 0 Å². The monoisotopic (exact) mass is 193 g/mol. The summed E-state index contributed by atoms with van der Waals surface area (Å²) in [6.07, 6.45) is 4.38. The summed E-state index contributed by atoms with van der Waals surface area (Å²) in [5, 5.41) is 4.45. The van der Waals surface area contributed by atoms with Gasteiger partial charge in [-0.3, -0.25) is 4.68 Å². The van der Waals surface area contributed by atoms with Crippen molar-refractivity contribution in [2.45, 2.75) is 45.7 Å². The van der Waals surface area contributed by atoms with Gasteiger partial charge >= 0.3 is 0 Å². The Labute approximate surface area is 85.3 Å². The Hall–Kier alpha value is -0.830. The van der Waals surface area contributed by atoms with Gasteiger partial charge in [-0.1, -0.05) is 13.8 Å². The van der Waals surface area contributed by atoms with E-state index in [9.17, 15) is 0 Å². The highest BCUT2D eigenvalue weighted by Crippen LogP contribution is 2.42. The lowest BCUT2D eigenvalue weighted by molar-refractivity contribution is 0.290. The second kappa shape index (κ2) is 3.09. The highest BCUT2D eigenvalue weighted by atomic mass is 15.3. The van der Waals surface area contributed by atoms with Crippen LogP contribution in [-0.2, 0) is 0 Å². The lowest BCUT2D eigenvalue weighted by atomic mass is 9.87. The standard InChI is InChI=1S/C11H19N3/c1-8-5-7-14(13-8)9-4-6-11(2,3)10(9)12/h5,7,9-10H,4,6,12H2,1-3H3. The zero-order valence-corrected chi connectivity index (χ0v) is 9.20. The summed E-state index contributed by atoms with van der Waals surface area (Å²) in [6.45, 7) is 6.50. The molecule has 1 fully saturated rings. The largest absolute Gasteiger partial charge is 0.325 e. The van der Waals surface area contributed by atoms with Crippen molar-refractivity contribution in [3.8, 4) is 0 Å². The van der Waals surface area contributed by atoms with Crippen molar-refractivity contribution in [1.29, 1.82) is 0 Å². The Morgan fingerprint density at radius 2 is 2.29 bits per heavy atom. The normalized spacial score (nSPS) is 30.9. The van der Waals surface area contributed by atoms with Crippen LogP contribution >= 0.6 is 0 Å². The number of hydrogen-bond acceptors (Lipinski definition) is 2. The van der Waals surface area contributed by atoms with Crippen molar-refractivity contribution in [2.75, 3.05) is 0 Å². The second-order valence-corrected chi connectivity index (χ2v) is 5.06. The Morgan fingerprint density at radius 3 is 2.71 bits per heavy atom. The van der Waals surface area contributed by atoms with E-state index in [-0.39, 0.29) is 11.5 Å². The topological polar surface area (TPSA) is 43.8 Å². The zero-order valence-electron chi connectivity index (χ0n) is 9.20. The number of aromatic nitrogens is 2. The predicted octanol–water partition coefficient (Wildman–Crippen LogP) is 1.88. The molecule has 0 aliphatic heterocycles. The summed E-state index contributed by atoms with van der Waals surface area (Å²) in [5.41, 5.74) is 7.56. The molecule has 1 aliphatic carbocycles. The molecule has 0 saturated heterocycles. The van der Waals surface area contributed by atoms with E-state index in [0.29, 0.717) is 6.04 Å². The minimum Gasteiger partial charge on any atom is -0.325 e. The molecule has 2 rings (SSSR count). The van der Waals surface area contributed by atoms with Gasteiger partial charge in [-0.2, -0.15) is 5.10 Å². The Balaban J connectivity index is 2.22. The van der Waals surface area contributed by atoms with Gasteiger partial charge in [0.2, 0.25) is 0 Å². The van der Waals surface area contributed by atoms with Gasteiger partial charge in [0.15, 0.2) is 0 Å². The third-order valence-corrected chi connectivity index (χ3v) is 3.48. The van der Waals surface area contributed by atoms with Crippen molar-refractivity contribution in [3.05, 3.63) is 18.0 Å². The molecule has 0 bridgehead atoms. The molecule has 2 unspecified atom stereocenters. The maximum Gasteiger partial charge on any atom is 0.0675 e. The van der Waals surface area contributed by atoms with Crippen molar-refractivity contribution in [2.24, 2.45) is 11.1 Å². The number of rotatable bonds is 1. The smallest absolute Gasteiger partial charge is 0.0675 e. The fraction of sp³-hybridized carbons (Fsp3) is 0.727. The summed E-state index contributed by atoms with van der Waals surface area (Å²) in [5.74, 6) is 0. The molecule has 1 saturated carbocycles. The molecule has 2 atom stereocenters. The summed E-state index contributed by atoms with van der Waals surface area (Å²) < 4.78 is 2.04.